The van der Waals surface area contributed by atoms with Crippen LogP contribution in [0.2, 0.25) is 0 Å². The summed E-state index contributed by atoms with van der Waals surface area (Å²) in [4.78, 5) is 44.5. The van der Waals surface area contributed by atoms with Gasteiger partial charge in [-0.2, -0.15) is 0 Å². The van der Waals surface area contributed by atoms with Crippen LogP contribution in [0.15, 0.2) is 42.5 Å². The summed E-state index contributed by atoms with van der Waals surface area (Å²) in [6.45, 7) is 1.42. The number of aromatic nitrogens is 1. The Kier molecular flexibility index (Phi) is 8.97. The molecule has 1 aromatic heterocycles. The smallest absolute Gasteiger partial charge is 0.254 e. The molecule has 1 unspecified atom stereocenters. The summed E-state index contributed by atoms with van der Waals surface area (Å²) in [6, 6.07) is 12.9. The molecule has 0 spiro atoms. The maximum Gasteiger partial charge on any atom is 0.254 e. The van der Waals surface area contributed by atoms with Crippen LogP contribution in [0.1, 0.15) is 39.9 Å². The summed E-state index contributed by atoms with van der Waals surface area (Å²) in [5, 5.41) is 12.9. The number of ether oxygens (including phenoxy) is 1. The number of hydrogen-bond acceptors (Lipinski definition) is 9. The molecule has 1 aliphatic carbocycles. The topological polar surface area (TPSA) is 155 Å². The van der Waals surface area contributed by atoms with Crippen molar-refractivity contribution in [3.63, 3.8) is 0 Å². The van der Waals surface area contributed by atoms with Gasteiger partial charge < -0.3 is 25.4 Å². The van der Waals surface area contributed by atoms with Crippen LogP contribution in [0.25, 0.3) is 21.3 Å². The number of carbonyl (C=O) groups excluding carboxylic acids is 3. The zero-order chi connectivity index (χ0) is 29.0. The molecule has 0 bridgehead atoms. The second-order valence-electron chi connectivity index (χ2n) is 10.1. The van der Waals surface area contributed by atoms with Crippen molar-refractivity contribution in [1.82, 2.24) is 20.5 Å². The van der Waals surface area contributed by atoms with Gasteiger partial charge in [-0.25, -0.2) is 13.4 Å². The molecule has 2 heterocycles. The number of amides is 3. The van der Waals surface area contributed by atoms with Gasteiger partial charge in [0.2, 0.25) is 11.8 Å². The molecule has 2 aromatic carbocycles. The normalized spacial score (nSPS) is 16.4. The first-order chi connectivity index (χ1) is 19.7. The number of nitrogens with zero attached hydrogens (tertiary/aromatic N) is 2. The van der Waals surface area contributed by atoms with E-state index in [1.807, 2.05) is 24.3 Å². The number of hydrogen-bond donors (Lipinski definition) is 3. The molecular formula is C28H32N4O7S2. The van der Waals surface area contributed by atoms with Crippen molar-refractivity contribution in [2.24, 2.45) is 0 Å². The van der Waals surface area contributed by atoms with Gasteiger partial charge in [0.15, 0.2) is 15.1 Å². The highest BCUT2D eigenvalue weighted by molar-refractivity contribution is 7.92. The highest BCUT2D eigenvalue weighted by Gasteiger charge is 2.37. The van der Waals surface area contributed by atoms with Crippen LogP contribution in [0, 0.1) is 0 Å². The second-order valence-corrected chi connectivity index (χ2v) is 13.4. The van der Waals surface area contributed by atoms with E-state index >= 15 is 0 Å². The van der Waals surface area contributed by atoms with Gasteiger partial charge >= 0.3 is 0 Å². The van der Waals surface area contributed by atoms with Gasteiger partial charge in [0, 0.05) is 31.3 Å². The SMILES string of the molecule is O=C(CNC(=O)C(c1nc2cc(-c3cccc(C(=O)N4CCOCC4)c3)ccc2s1)S(=O)(=O)CCCO)NC1CC1. The quantitative estimate of drug-likeness (QED) is 0.300. The molecule has 41 heavy (non-hydrogen) atoms. The minimum absolute atomic E-state index is 0.0250. The molecule has 1 saturated heterocycles. The number of fused-ring (bicyclic) bond motifs is 1. The third-order valence-electron chi connectivity index (χ3n) is 6.92. The molecule has 218 valence electrons. The van der Waals surface area contributed by atoms with Gasteiger partial charge in [0.25, 0.3) is 5.91 Å². The molecule has 3 amide bonds. The van der Waals surface area contributed by atoms with Crippen LogP contribution in [0.4, 0.5) is 0 Å². The lowest BCUT2D eigenvalue weighted by molar-refractivity contribution is -0.126. The number of carbonyl (C=O) groups is 3. The van der Waals surface area contributed by atoms with Crippen LogP contribution in [-0.2, 0) is 24.2 Å². The zero-order valence-electron chi connectivity index (χ0n) is 22.4. The van der Waals surface area contributed by atoms with Crippen molar-refractivity contribution in [2.45, 2.75) is 30.6 Å². The van der Waals surface area contributed by atoms with Crippen molar-refractivity contribution < 1.29 is 32.6 Å². The van der Waals surface area contributed by atoms with Crippen LogP contribution in [0.5, 0.6) is 0 Å². The molecule has 0 radical (unpaired) electrons. The highest BCUT2D eigenvalue weighted by atomic mass is 32.2. The van der Waals surface area contributed by atoms with E-state index in [1.165, 1.54) is 0 Å². The number of nitrogens with one attached hydrogen (secondary N) is 2. The number of sulfone groups is 1. The van der Waals surface area contributed by atoms with Gasteiger partial charge in [-0.3, -0.25) is 14.4 Å². The largest absolute Gasteiger partial charge is 0.396 e. The number of benzene rings is 2. The predicted octanol–water partition coefficient (Wildman–Crippen LogP) is 1.67. The fourth-order valence-electron chi connectivity index (χ4n) is 4.60. The molecule has 1 atom stereocenters. The Labute approximate surface area is 241 Å². The molecule has 1 saturated carbocycles. The van der Waals surface area contributed by atoms with Gasteiger partial charge in [0.05, 0.1) is 35.7 Å². The molecule has 5 rings (SSSR count). The Balaban J connectivity index is 1.40. The van der Waals surface area contributed by atoms with Gasteiger partial charge in [-0.15, -0.1) is 11.3 Å². The highest BCUT2D eigenvalue weighted by Crippen LogP contribution is 2.34. The summed E-state index contributed by atoms with van der Waals surface area (Å²) in [5.41, 5.74) is 2.65. The molecule has 2 aliphatic rings. The minimum atomic E-state index is -4.04. The first kappa shape index (κ1) is 29.1. The Morgan fingerprint density at radius 3 is 2.59 bits per heavy atom. The van der Waals surface area contributed by atoms with Crippen molar-refractivity contribution in [2.75, 3.05) is 45.2 Å². The maximum absolute atomic E-state index is 13.2. The summed E-state index contributed by atoms with van der Waals surface area (Å²) >= 11 is 1.09. The fraction of sp³-hybridized carbons (Fsp3) is 0.429. The van der Waals surface area contributed by atoms with Crippen LogP contribution in [-0.4, -0.2) is 92.4 Å². The van der Waals surface area contributed by atoms with Gasteiger partial charge in [-0.1, -0.05) is 18.2 Å². The van der Waals surface area contributed by atoms with Gasteiger partial charge in [0.1, 0.15) is 5.01 Å². The van der Waals surface area contributed by atoms with E-state index in [9.17, 15) is 27.9 Å². The van der Waals surface area contributed by atoms with Crippen molar-refractivity contribution in [1.29, 1.82) is 0 Å². The third kappa shape index (κ3) is 7.10. The van der Waals surface area contributed by atoms with E-state index in [1.54, 1.807) is 23.1 Å². The van der Waals surface area contributed by atoms with E-state index in [-0.39, 0.29) is 42.4 Å². The summed E-state index contributed by atoms with van der Waals surface area (Å²) < 4.78 is 32.5. The summed E-state index contributed by atoms with van der Waals surface area (Å²) in [6.07, 6.45) is 1.75. The standard InChI is InChI=1S/C28H32N4O7S2/c33-11-2-14-41(37,38)25(26(35)29-17-24(34)30-21-6-7-21)27-31-22-16-19(5-8-23(22)40-27)18-3-1-4-20(15-18)28(36)32-9-12-39-13-10-32/h1,3-5,8,15-16,21,25,33H,2,6-7,9-14,17H2,(H,29,35)(H,30,34). The van der Waals surface area contributed by atoms with Gasteiger partial charge in [-0.05, 0) is 54.7 Å². The van der Waals surface area contributed by atoms with Crippen molar-refractivity contribution in [3.8, 4) is 11.1 Å². The number of morpholine rings is 1. The maximum atomic E-state index is 13.2. The van der Waals surface area contributed by atoms with Crippen LogP contribution < -0.4 is 10.6 Å². The third-order valence-corrected chi connectivity index (χ3v) is 10.2. The lowest BCUT2D eigenvalue weighted by Gasteiger charge is -2.27. The molecular weight excluding hydrogens is 568 g/mol. The minimum Gasteiger partial charge on any atom is -0.396 e. The van der Waals surface area contributed by atoms with E-state index in [2.05, 4.69) is 15.6 Å². The molecule has 2 fully saturated rings. The fourth-order valence-corrected chi connectivity index (χ4v) is 7.65. The Morgan fingerprint density at radius 1 is 1.10 bits per heavy atom. The average molecular weight is 601 g/mol. The van der Waals surface area contributed by atoms with E-state index < -0.39 is 26.7 Å². The van der Waals surface area contributed by atoms with Crippen molar-refractivity contribution in [3.05, 3.63) is 53.0 Å². The van der Waals surface area contributed by atoms with Crippen LogP contribution >= 0.6 is 11.3 Å². The lowest BCUT2D eigenvalue weighted by atomic mass is 10.0. The number of aliphatic hydroxyl groups excluding tert-OH is 1. The monoisotopic (exact) mass is 600 g/mol. The molecule has 13 heteroatoms. The molecule has 3 N–H and O–H groups in total. The molecule has 1 aliphatic heterocycles. The number of aliphatic hydroxyl groups is 1. The Bertz CT molecular complexity index is 1550. The van der Waals surface area contributed by atoms with E-state index in [0.717, 1.165) is 35.3 Å². The van der Waals surface area contributed by atoms with E-state index in [0.29, 0.717) is 42.1 Å². The number of rotatable bonds is 11. The lowest BCUT2D eigenvalue weighted by Crippen LogP contribution is -2.41. The summed E-state index contributed by atoms with van der Waals surface area (Å²) in [7, 11) is -4.04. The molecule has 3 aromatic rings. The Hall–Kier alpha value is -3.39. The second kappa shape index (κ2) is 12.6. The Morgan fingerprint density at radius 2 is 1.85 bits per heavy atom. The zero-order valence-corrected chi connectivity index (χ0v) is 24.0. The van der Waals surface area contributed by atoms with Crippen molar-refractivity contribution >= 4 is 49.1 Å². The average Bonchev–Trinajstić information content (AvgIpc) is 3.70. The van der Waals surface area contributed by atoms with E-state index in [4.69, 9.17) is 4.74 Å². The predicted molar refractivity (Wildman–Crippen MR) is 154 cm³/mol. The first-order valence-corrected chi connectivity index (χ1v) is 16.1. The number of thiazole rings is 1. The first-order valence-electron chi connectivity index (χ1n) is 13.5. The summed E-state index contributed by atoms with van der Waals surface area (Å²) in [5.74, 6) is -1.68. The molecule has 11 nitrogen and oxygen atoms in total. The van der Waals surface area contributed by atoms with Crippen LogP contribution in [0.3, 0.4) is 0 Å².